The van der Waals surface area contributed by atoms with Crippen LogP contribution >= 0.6 is 0 Å². The average molecular weight is 569 g/mol. The number of ether oxygens (including phenoxy) is 4. The van der Waals surface area contributed by atoms with Crippen LogP contribution in [0.5, 0.6) is 0 Å². The molecule has 0 aromatic heterocycles. The second-order valence-electron chi connectivity index (χ2n) is 11.1. The number of hydrogen-bond acceptors (Lipinski definition) is 10. The number of hydrogen-bond donors (Lipinski definition) is 1. The number of fused-ring (bicyclic) bond motifs is 2. The number of carbonyl (C=O) groups excluding carboxylic acids is 4. The van der Waals surface area contributed by atoms with E-state index in [-0.39, 0.29) is 17.8 Å². The van der Waals surface area contributed by atoms with E-state index in [0.717, 1.165) is 12.8 Å². The molecule has 3 fully saturated rings. The Morgan fingerprint density at radius 2 is 1.76 bits per heavy atom. The molecule has 1 heterocycles. The fourth-order valence-corrected chi connectivity index (χ4v) is 6.94. The van der Waals surface area contributed by atoms with Crippen LogP contribution in [0.3, 0.4) is 0 Å². The fraction of sp³-hybridized carbons (Fsp3) is 0.833. The third-order valence-electron chi connectivity index (χ3n) is 8.22. The van der Waals surface area contributed by atoms with Gasteiger partial charge in [-0.15, -0.1) is 0 Å². The zero-order valence-corrected chi connectivity index (χ0v) is 22.7. The highest BCUT2D eigenvalue weighted by Gasteiger charge is 2.65. The first-order valence-electron chi connectivity index (χ1n) is 12.5. The molecular formula is C24H34F2O11S. The van der Waals surface area contributed by atoms with Crippen molar-refractivity contribution in [3.05, 3.63) is 0 Å². The second kappa shape index (κ2) is 10.3. The van der Waals surface area contributed by atoms with Crippen molar-refractivity contribution >= 4 is 34.0 Å². The first kappa shape index (κ1) is 30.2. The number of cyclic esters (lactones) is 1. The average Bonchev–Trinajstić information content (AvgIpc) is 3.34. The molecule has 2 aliphatic carbocycles. The summed E-state index contributed by atoms with van der Waals surface area (Å²) >= 11 is 0. The number of alkyl halides is 2. The molecule has 1 saturated heterocycles. The normalized spacial score (nSPS) is 32.9. The zero-order chi connectivity index (χ0) is 28.8. The first-order valence-corrected chi connectivity index (χ1v) is 13.9. The Morgan fingerprint density at radius 1 is 1.16 bits per heavy atom. The van der Waals surface area contributed by atoms with Crippen molar-refractivity contribution in [2.45, 2.75) is 102 Å². The van der Waals surface area contributed by atoms with Crippen LogP contribution in [-0.4, -0.2) is 66.0 Å². The summed E-state index contributed by atoms with van der Waals surface area (Å²) in [6, 6.07) is 0. The molecule has 1 aliphatic heterocycles. The Hall–Kier alpha value is -2.35. The lowest BCUT2D eigenvalue weighted by atomic mass is 9.73. The van der Waals surface area contributed by atoms with Gasteiger partial charge in [-0.25, -0.2) is 9.59 Å². The molecule has 3 rings (SSSR count). The second-order valence-corrected chi connectivity index (χ2v) is 12.6. The van der Waals surface area contributed by atoms with Crippen molar-refractivity contribution < 1.29 is 59.9 Å². The van der Waals surface area contributed by atoms with Crippen LogP contribution in [0, 0.1) is 23.2 Å². The first-order chi connectivity index (χ1) is 17.3. The monoisotopic (exact) mass is 568 g/mol. The van der Waals surface area contributed by atoms with E-state index in [4.69, 9.17) is 18.8 Å². The number of rotatable bonds is 10. The topological polar surface area (TPSA) is 160 Å². The van der Waals surface area contributed by atoms with Gasteiger partial charge in [0, 0.05) is 12.3 Å². The molecule has 216 valence electrons. The highest BCUT2D eigenvalue weighted by Crippen LogP contribution is 2.66. The lowest BCUT2D eigenvalue weighted by Crippen LogP contribution is -2.45. The van der Waals surface area contributed by atoms with E-state index in [2.05, 4.69) is 25.5 Å². The van der Waals surface area contributed by atoms with Gasteiger partial charge < -0.3 is 18.9 Å². The highest BCUT2D eigenvalue weighted by molar-refractivity contribution is 7.86. The molecule has 7 atom stereocenters. The summed E-state index contributed by atoms with van der Waals surface area (Å²) in [7, 11) is -5.83. The molecule has 1 N–H and O–H groups in total. The van der Waals surface area contributed by atoms with E-state index < -0.39 is 76.0 Å². The summed E-state index contributed by atoms with van der Waals surface area (Å²) in [4.78, 5) is 48.9. The summed E-state index contributed by atoms with van der Waals surface area (Å²) in [5, 5.41) is -4.75. The summed E-state index contributed by atoms with van der Waals surface area (Å²) in [5.74, 6) is -3.15. The summed E-state index contributed by atoms with van der Waals surface area (Å²) < 4.78 is 77.1. The Kier molecular flexibility index (Phi) is 8.20. The fourth-order valence-electron chi connectivity index (χ4n) is 6.47. The van der Waals surface area contributed by atoms with Gasteiger partial charge in [-0.3, -0.25) is 14.1 Å². The molecular weight excluding hydrogens is 534 g/mol. The molecule has 14 heteroatoms. The van der Waals surface area contributed by atoms with Crippen LogP contribution in [0.1, 0.15) is 73.1 Å². The number of carbonyl (C=O) groups is 4. The molecule has 0 radical (unpaired) electrons. The molecule has 3 aliphatic rings. The van der Waals surface area contributed by atoms with Gasteiger partial charge >= 0.3 is 39.2 Å². The van der Waals surface area contributed by atoms with Gasteiger partial charge in [-0.2, -0.15) is 17.2 Å². The van der Waals surface area contributed by atoms with E-state index in [1.54, 1.807) is 0 Å². The maximum absolute atomic E-state index is 13.5. The van der Waals surface area contributed by atoms with Gasteiger partial charge in [-0.05, 0) is 43.9 Å². The van der Waals surface area contributed by atoms with Gasteiger partial charge in [0.05, 0.1) is 12.8 Å². The minimum atomic E-state index is -5.83. The molecule has 11 nitrogen and oxygen atoms in total. The maximum Gasteiger partial charge on any atom is 0.405 e. The van der Waals surface area contributed by atoms with Gasteiger partial charge in [-0.1, -0.05) is 27.2 Å². The van der Waals surface area contributed by atoms with Crippen LogP contribution in [0.2, 0.25) is 0 Å². The van der Waals surface area contributed by atoms with Crippen LogP contribution < -0.4 is 0 Å². The maximum atomic E-state index is 13.5. The standard InChI is InChI=1S/C24H34F2O11S/c1-6-13-9-14-11-23(5,19(13)22(14,3)4)37-21(30)16-10-15(20(29)36-16)35-18(28)8-7-17(27)34-12(2)24(25,26)38(31,32)33/h12-16,19H,6-11H2,1-5H3,(H,31,32,33). The van der Waals surface area contributed by atoms with E-state index in [1.165, 1.54) is 0 Å². The quantitative estimate of drug-likeness (QED) is 0.234. The van der Waals surface area contributed by atoms with E-state index in [9.17, 15) is 36.4 Å². The minimum Gasteiger partial charge on any atom is -0.456 e. The Bertz CT molecular complexity index is 1090. The van der Waals surface area contributed by atoms with E-state index >= 15 is 0 Å². The molecule has 7 unspecified atom stereocenters. The summed E-state index contributed by atoms with van der Waals surface area (Å²) in [5.41, 5.74) is -0.712. The molecule has 0 aromatic carbocycles. The van der Waals surface area contributed by atoms with Crippen LogP contribution in [-0.2, 0) is 48.2 Å². The molecule has 2 saturated carbocycles. The largest absolute Gasteiger partial charge is 0.456 e. The minimum absolute atomic E-state index is 0.00131. The van der Waals surface area contributed by atoms with Crippen molar-refractivity contribution in [2.24, 2.45) is 23.2 Å². The van der Waals surface area contributed by atoms with E-state index in [0.29, 0.717) is 25.2 Å². The Morgan fingerprint density at radius 3 is 2.32 bits per heavy atom. The van der Waals surface area contributed by atoms with E-state index in [1.807, 2.05) is 6.92 Å². The lowest BCUT2D eigenvalue weighted by molar-refractivity contribution is -0.181. The number of esters is 4. The van der Waals surface area contributed by atoms with Crippen molar-refractivity contribution in [3.63, 3.8) is 0 Å². The molecule has 38 heavy (non-hydrogen) atoms. The van der Waals surface area contributed by atoms with Crippen LogP contribution in [0.15, 0.2) is 0 Å². The van der Waals surface area contributed by atoms with Crippen molar-refractivity contribution in [2.75, 3.05) is 0 Å². The van der Waals surface area contributed by atoms with Crippen molar-refractivity contribution in [1.82, 2.24) is 0 Å². The Balaban J connectivity index is 1.49. The number of halogens is 2. The predicted molar refractivity (Wildman–Crippen MR) is 124 cm³/mol. The third kappa shape index (κ3) is 5.65. The van der Waals surface area contributed by atoms with Gasteiger partial charge in [0.25, 0.3) is 0 Å². The van der Waals surface area contributed by atoms with Crippen molar-refractivity contribution in [1.29, 1.82) is 0 Å². The van der Waals surface area contributed by atoms with Gasteiger partial charge in [0.1, 0.15) is 5.60 Å². The molecule has 0 amide bonds. The predicted octanol–water partition coefficient (Wildman–Crippen LogP) is 2.80. The van der Waals surface area contributed by atoms with Crippen molar-refractivity contribution in [3.8, 4) is 0 Å². The molecule has 2 bridgehead atoms. The highest BCUT2D eigenvalue weighted by atomic mass is 32.2. The molecule has 0 aromatic rings. The lowest BCUT2D eigenvalue weighted by Gasteiger charge is -2.40. The summed E-state index contributed by atoms with van der Waals surface area (Å²) in [6.07, 6.45) is -4.21. The SMILES string of the molecule is CCC1CC2CC(C)(OC(=O)C3CC(OC(=O)CCC(=O)OC(C)C(F)(F)S(=O)(=O)O)C(=O)O3)C1C2(C)C. The van der Waals surface area contributed by atoms with Crippen LogP contribution in [0.25, 0.3) is 0 Å². The Labute approximate surface area is 219 Å². The molecule has 0 spiro atoms. The van der Waals surface area contributed by atoms with Gasteiger partial charge in [0.15, 0.2) is 6.10 Å². The summed E-state index contributed by atoms with van der Waals surface area (Å²) in [6.45, 7) is 8.92. The smallest absolute Gasteiger partial charge is 0.405 e. The van der Waals surface area contributed by atoms with Gasteiger partial charge in [0.2, 0.25) is 12.2 Å². The van der Waals surface area contributed by atoms with Crippen LogP contribution in [0.4, 0.5) is 8.78 Å². The third-order valence-corrected chi connectivity index (χ3v) is 9.24. The zero-order valence-electron chi connectivity index (χ0n) is 21.9.